The molecular weight excluding hydrogens is 230 g/mol. The van der Waals surface area contributed by atoms with Gasteiger partial charge in [0.2, 0.25) is 5.95 Å². The van der Waals surface area contributed by atoms with Crippen LogP contribution in [-0.4, -0.2) is 35.7 Å². The van der Waals surface area contributed by atoms with Crippen molar-refractivity contribution in [3.05, 3.63) is 24.3 Å². The first kappa shape index (κ1) is 12.4. The minimum Gasteiger partial charge on any atom is -0.465 e. The molecule has 0 N–H and O–H groups in total. The summed E-state index contributed by atoms with van der Waals surface area (Å²) in [6.45, 7) is 2.40. The molecule has 0 bridgehead atoms. The van der Waals surface area contributed by atoms with Crippen LogP contribution in [-0.2, 0) is 16.6 Å². The van der Waals surface area contributed by atoms with E-state index in [1.54, 1.807) is 11.8 Å². The number of imidazole rings is 1. The average molecular weight is 247 g/mol. The maximum absolute atomic E-state index is 11.5. The first-order chi connectivity index (χ1) is 8.63. The molecule has 1 heterocycles. The predicted octanol–water partition coefficient (Wildman–Crippen LogP) is 1.57. The third-order valence-corrected chi connectivity index (χ3v) is 2.78. The lowest BCUT2D eigenvalue weighted by Crippen LogP contribution is -2.29. The Balaban J connectivity index is 2.25. The molecule has 1 aromatic heterocycles. The number of ether oxygens (including phenoxy) is 1. The number of hydrogen-bond acceptors (Lipinski definition) is 4. The fourth-order valence-electron chi connectivity index (χ4n) is 1.95. The third-order valence-electron chi connectivity index (χ3n) is 2.78. The highest BCUT2D eigenvalue weighted by Gasteiger charge is 2.14. The van der Waals surface area contributed by atoms with E-state index in [0.717, 1.165) is 17.0 Å². The molecule has 18 heavy (non-hydrogen) atoms. The van der Waals surface area contributed by atoms with Crippen LogP contribution in [0.5, 0.6) is 0 Å². The molecule has 96 valence electrons. The Morgan fingerprint density at radius 1 is 1.44 bits per heavy atom. The van der Waals surface area contributed by atoms with E-state index in [1.165, 1.54) is 0 Å². The van der Waals surface area contributed by atoms with Crippen LogP contribution in [0.4, 0.5) is 5.95 Å². The Kier molecular flexibility index (Phi) is 3.50. The van der Waals surface area contributed by atoms with E-state index < -0.39 is 0 Å². The number of para-hydroxylation sites is 2. The summed E-state index contributed by atoms with van der Waals surface area (Å²) in [5.74, 6) is 0.510. The number of anilines is 1. The number of aryl methyl sites for hydroxylation is 1. The van der Waals surface area contributed by atoms with E-state index in [-0.39, 0.29) is 12.5 Å². The van der Waals surface area contributed by atoms with E-state index in [4.69, 9.17) is 4.74 Å². The monoisotopic (exact) mass is 247 g/mol. The van der Waals surface area contributed by atoms with E-state index in [9.17, 15) is 4.79 Å². The van der Waals surface area contributed by atoms with Crippen LogP contribution in [0.2, 0.25) is 0 Å². The summed E-state index contributed by atoms with van der Waals surface area (Å²) in [5.41, 5.74) is 1.97. The summed E-state index contributed by atoms with van der Waals surface area (Å²) in [5, 5.41) is 0. The van der Waals surface area contributed by atoms with Crippen molar-refractivity contribution in [2.75, 3.05) is 25.1 Å². The highest BCUT2D eigenvalue weighted by Crippen LogP contribution is 2.19. The predicted molar refractivity (Wildman–Crippen MR) is 70.6 cm³/mol. The van der Waals surface area contributed by atoms with Gasteiger partial charge in [0.15, 0.2) is 0 Å². The molecule has 5 heteroatoms. The molecule has 0 amide bonds. The zero-order valence-corrected chi connectivity index (χ0v) is 10.9. The second-order valence-corrected chi connectivity index (χ2v) is 4.12. The molecule has 0 fully saturated rings. The van der Waals surface area contributed by atoms with Gasteiger partial charge >= 0.3 is 5.97 Å². The summed E-state index contributed by atoms with van der Waals surface area (Å²) in [4.78, 5) is 17.7. The second-order valence-electron chi connectivity index (χ2n) is 4.12. The molecular formula is C13H17N3O2. The molecule has 2 rings (SSSR count). The van der Waals surface area contributed by atoms with Crippen LogP contribution in [0.1, 0.15) is 6.92 Å². The number of benzene rings is 1. The Labute approximate surface area is 106 Å². The lowest BCUT2D eigenvalue weighted by Gasteiger charge is -2.16. The van der Waals surface area contributed by atoms with Gasteiger partial charge in [0, 0.05) is 14.1 Å². The fourth-order valence-corrected chi connectivity index (χ4v) is 1.95. The summed E-state index contributed by atoms with van der Waals surface area (Å²) in [6.07, 6.45) is 0. The number of carbonyl (C=O) groups is 1. The van der Waals surface area contributed by atoms with Gasteiger partial charge in [0.1, 0.15) is 6.54 Å². The van der Waals surface area contributed by atoms with Gasteiger partial charge in [-0.2, -0.15) is 0 Å². The SMILES string of the molecule is CCOC(=O)CN(C)c1nc2ccccc2n1C. The van der Waals surface area contributed by atoms with Crippen molar-refractivity contribution >= 4 is 23.0 Å². The summed E-state index contributed by atoms with van der Waals surface area (Å²) >= 11 is 0. The molecule has 0 saturated carbocycles. The first-order valence-corrected chi connectivity index (χ1v) is 5.91. The van der Waals surface area contributed by atoms with Crippen LogP contribution in [0, 0.1) is 0 Å². The Morgan fingerprint density at radius 2 is 2.17 bits per heavy atom. The van der Waals surface area contributed by atoms with Crippen molar-refractivity contribution < 1.29 is 9.53 Å². The van der Waals surface area contributed by atoms with Gasteiger partial charge < -0.3 is 14.2 Å². The van der Waals surface area contributed by atoms with Crippen LogP contribution in [0.3, 0.4) is 0 Å². The van der Waals surface area contributed by atoms with Gasteiger partial charge in [-0.05, 0) is 19.1 Å². The topological polar surface area (TPSA) is 47.4 Å². The van der Waals surface area contributed by atoms with Crippen LogP contribution in [0.25, 0.3) is 11.0 Å². The van der Waals surface area contributed by atoms with Crippen molar-refractivity contribution in [3.8, 4) is 0 Å². The molecule has 0 spiro atoms. The number of aromatic nitrogens is 2. The highest BCUT2D eigenvalue weighted by atomic mass is 16.5. The molecule has 0 unspecified atom stereocenters. The van der Waals surface area contributed by atoms with E-state index in [0.29, 0.717) is 6.61 Å². The maximum atomic E-state index is 11.5. The van der Waals surface area contributed by atoms with Gasteiger partial charge in [-0.1, -0.05) is 12.1 Å². The number of esters is 1. The molecule has 0 saturated heterocycles. The zero-order valence-electron chi connectivity index (χ0n) is 10.9. The Hall–Kier alpha value is -2.04. The van der Waals surface area contributed by atoms with Crippen LogP contribution < -0.4 is 4.90 Å². The van der Waals surface area contributed by atoms with Gasteiger partial charge in [0.05, 0.1) is 17.6 Å². The molecule has 1 aromatic carbocycles. The molecule has 0 atom stereocenters. The summed E-state index contributed by atoms with van der Waals surface area (Å²) < 4.78 is 6.90. The fraction of sp³-hybridized carbons (Fsp3) is 0.385. The number of hydrogen-bond donors (Lipinski definition) is 0. The quantitative estimate of drug-likeness (QED) is 0.769. The van der Waals surface area contributed by atoms with E-state index in [2.05, 4.69) is 4.98 Å². The molecule has 0 radical (unpaired) electrons. The largest absolute Gasteiger partial charge is 0.465 e. The van der Waals surface area contributed by atoms with Gasteiger partial charge in [-0.25, -0.2) is 4.98 Å². The van der Waals surface area contributed by atoms with Crippen molar-refractivity contribution in [1.82, 2.24) is 9.55 Å². The average Bonchev–Trinajstić information content (AvgIpc) is 2.68. The van der Waals surface area contributed by atoms with Gasteiger partial charge in [-0.15, -0.1) is 0 Å². The molecule has 5 nitrogen and oxygen atoms in total. The summed E-state index contributed by atoms with van der Waals surface area (Å²) in [6, 6.07) is 7.88. The number of carbonyl (C=O) groups excluding carboxylic acids is 1. The third kappa shape index (κ3) is 2.30. The normalized spacial score (nSPS) is 10.6. The number of nitrogens with zero attached hydrogens (tertiary/aromatic N) is 3. The summed E-state index contributed by atoms with van der Waals surface area (Å²) in [7, 11) is 3.77. The Bertz CT molecular complexity index is 562. The molecule has 0 aliphatic rings. The number of rotatable bonds is 4. The van der Waals surface area contributed by atoms with Crippen LogP contribution in [0.15, 0.2) is 24.3 Å². The molecule has 0 aliphatic carbocycles. The Morgan fingerprint density at radius 3 is 2.83 bits per heavy atom. The smallest absolute Gasteiger partial charge is 0.325 e. The lowest BCUT2D eigenvalue weighted by molar-refractivity contribution is -0.141. The van der Waals surface area contributed by atoms with E-state index >= 15 is 0 Å². The lowest BCUT2D eigenvalue weighted by atomic mass is 10.3. The second kappa shape index (κ2) is 5.08. The number of likely N-dealkylation sites (N-methyl/N-ethyl adjacent to an activating group) is 1. The first-order valence-electron chi connectivity index (χ1n) is 5.91. The van der Waals surface area contributed by atoms with Crippen molar-refractivity contribution in [2.24, 2.45) is 7.05 Å². The van der Waals surface area contributed by atoms with Crippen molar-refractivity contribution in [2.45, 2.75) is 6.92 Å². The van der Waals surface area contributed by atoms with Crippen molar-refractivity contribution in [3.63, 3.8) is 0 Å². The minimum absolute atomic E-state index is 0.199. The minimum atomic E-state index is -0.243. The van der Waals surface area contributed by atoms with Crippen LogP contribution >= 0.6 is 0 Å². The highest BCUT2D eigenvalue weighted by molar-refractivity contribution is 5.80. The standard InChI is InChI=1S/C13H17N3O2/c1-4-18-12(17)9-15(2)13-14-10-7-5-6-8-11(10)16(13)3/h5-8H,4,9H2,1-3H3. The maximum Gasteiger partial charge on any atom is 0.325 e. The number of fused-ring (bicyclic) bond motifs is 1. The van der Waals surface area contributed by atoms with Gasteiger partial charge in [-0.3, -0.25) is 4.79 Å². The zero-order chi connectivity index (χ0) is 13.1. The van der Waals surface area contributed by atoms with E-state index in [1.807, 2.05) is 42.9 Å². The molecule has 0 aliphatic heterocycles. The van der Waals surface area contributed by atoms with Crippen molar-refractivity contribution in [1.29, 1.82) is 0 Å². The van der Waals surface area contributed by atoms with Gasteiger partial charge in [0.25, 0.3) is 0 Å². The molecule has 2 aromatic rings.